The largest absolute Gasteiger partial charge is 0.493 e. The fourth-order valence-electron chi connectivity index (χ4n) is 3.74. The van der Waals surface area contributed by atoms with E-state index in [4.69, 9.17) is 4.74 Å². The van der Waals surface area contributed by atoms with E-state index in [1.807, 2.05) is 9.47 Å². The first-order valence-corrected chi connectivity index (χ1v) is 9.30. The van der Waals surface area contributed by atoms with Crippen LogP contribution in [0, 0.1) is 11.7 Å². The number of piperidine rings is 1. The highest BCUT2D eigenvalue weighted by Crippen LogP contribution is 2.22. The van der Waals surface area contributed by atoms with Gasteiger partial charge in [-0.25, -0.2) is 4.39 Å². The summed E-state index contributed by atoms with van der Waals surface area (Å²) in [6.07, 6.45) is 5.04. The van der Waals surface area contributed by atoms with Crippen molar-refractivity contribution in [3.05, 3.63) is 41.7 Å². The Balaban J connectivity index is 1.38. The van der Waals surface area contributed by atoms with E-state index in [1.54, 1.807) is 12.1 Å². The van der Waals surface area contributed by atoms with E-state index in [-0.39, 0.29) is 17.6 Å². The Hall–Kier alpha value is -2.44. The maximum atomic E-state index is 13.0. The second-order valence-corrected chi connectivity index (χ2v) is 7.07. The number of aryl methyl sites for hydroxylation is 1. The van der Waals surface area contributed by atoms with Crippen molar-refractivity contribution in [1.29, 1.82) is 0 Å². The molecule has 4 rings (SSSR count). The van der Waals surface area contributed by atoms with E-state index in [2.05, 4.69) is 10.2 Å². The van der Waals surface area contributed by atoms with Gasteiger partial charge in [0, 0.05) is 32.0 Å². The molecule has 2 aliphatic heterocycles. The Kier molecular flexibility index (Phi) is 4.86. The first-order chi connectivity index (χ1) is 12.7. The molecule has 1 saturated heterocycles. The van der Waals surface area contributed by atoms with Crippen LogP contribution in [0.4, 0.5) is 4.39 Å². The number of ether oxygens (including phenoxy) is 1. The third-order valence-corrected chi connectivity index (χ3v) is 5.16. The summed E-state index contributed by atoms with van der Waals surface area (Å²) in [4.78, 5) is 14.8. The molecule has 0 bridgehead atoms. The number of aromatic nitrogens is 3. The van der Waals surface area contributed by atoms with Gasteiger partial charge in [0.15, 0.2) is 0 Å². The van der Waals surface area contributed by atoms with Crippen molar-refractivity contribution in [3.63, 3.8) is 0 Å². The number of nitrogens with zero attached hydrogens (tertiary/aromatic N) is 4. The number of halogens is 1. The first kappa shape index (κ1) is 17.0. The van der Waals surface area contributed by atoms with Crippen LogP contribution in [0.5, 0.6) is 5.75 Å². The number of rotatable bonds is 4. The highest BCUT2D eigenvalue weighted by molar-refractivity contribution is 5.90. The van der Waals surface area contributed by atoms with Gasteiger partial charge in [-0.2, -0.15) is 0 Å². The van der Waals surface area contributed by atoms with E-state index in [0.717, 1.165) is 51.0 Å². The zero-order valence-corrected chi connectivity index (χ0v) is 14.7. The fraction of sp³-hybridized carbons (Fsp3) is 0.526. The molecule has 0 spiro atoms. The molecule has 3 heterocycles. The van der Waals surface area contributed by atoms with Crippen molar-refractivity contribution < 1.29 is 13.9 Å². The Morgan fingerprint density at radius 2 is 2.00 bits per heavy atom. The van der Waals surface area contributed by atoms with Crippen molar-refractivity contribution in [2.24, 2.45) is 5.92 Å². The van der Waals surface area contributed by atoms with Crippen molar-refractivity contribution in [3.8, 4) is 5.75 Å². The first-order valence-electron chi connectivity index (χ1n) is 9.30. The normalized spacial score (nSPS) is 19.9. The quantitative estimate of drug-likeness (QED) is 0.843. The van der Waals surface area contributed by atoms with Gasteiger partial charge in [-0.1, -0.05) is 0 Å². The Morgan fingerprint density at radius 1 is 1.15 bits per heavy atom. The van der Waals surface area contributed by atoms with E-state index in [0.29, 0.717) is 24.7 Å². The lowest BCUT2D eigenvalue weighted by molar-refractivity contribution is 0.0615. The standard InChI is InChI=1S/C19H23FN4O2/c20-15-6-8-16(9-7-15)26-13-14-4-3-10-23(12-14)19(25)18-22-21-17-5-1-2-11-24(17)18/h6-9,14H,1-5,10-13H2/t14-/m1/s1. The van der Waals surface area contributed by atoms with Gasteiger partial charge in [0.1, 0.15) is 17.4 Å². The van der Waals surface area contributed by atoms with Gasteiger partial charge < -0.3 is 14.2 Å². The number of fused-ring (bicyclic) bond motifs is 1. The summed E-state index contributed by atoms with van der Waals surface area (Å²) in [5.41, 5.74) is 0. The highest BCUT2D eigenvalue weighted by atomic mass is 19.1. The Morgan fingerprint density at radius 3 is 2.85 bits per heavy atom. The smallest absolute Gasteiger partial charge is 0.291 e. The number of hydrogen-bond donors (Lipinski definition) is 0. The molecule has 1 atom stereocenters. The summed E-state index contributed by atoms with van der Waals surface area (Å²) < 4.78 is 20.7. The summed E-state index contributed by atoms with van der Waals surface area (Å²) >= 11 is 0. The third kappa shape index (κ3) is 3.57. The molecule has 6 nitrogen and oxygen atoms in total. The van der Waals surface area contributed by atoms with E-state index < -0.39 is 0 Å². The van der Waals surface area contributed by atoms with Crippen LogP contribution in [-0.4, -0.2) is 45.3 Å². The van der Waals surface area contributed by atoms with Gasteiger partial charge in [-0.3, -0.25) is 4.79 Å². The lowest BCUT2D eigenvalue weighted by atomic mass is 9.99. The fourth-order valence-corrected chi connectivity index (χ4v) is 3.74. The SMILES string of the molecule is O=C(c1nnc2n1CCCC2)N1CCC[C@@H](COc2ccc(F)cc2)C1. The van der Waals surface area contributed by atoms with Crippen LogP contribution >= 0.6 is 0 Å². The van der Waals surface area contributed by atoms with E-state index in [1.165, 1.54) is 12.1 Å². The number of carbonyl (C=O) groups excluding carboxylic acids is 1. The molecule has 0 unspecified atom stereocenters. The Bertz CT molecular complexity index is 774. The second-order valence-electron chi connectivity index (χ2n) is 7.07. The van der Waals surface area contributed by atoms with Gasteiger partial charge in [0.25, 0.3) is 5.91 Å². The van der Waals surface area contributed by atoms with Crippen LogP contribution in [0.2, 0.25) is 0 Å². The van der Waals surface area contributed by atoms with Crippen LogP contribution in [-0.2, 0) is 13.0 Å². The monoisotopic (exact) mass is 358 g/mol. The van der Waals surface area contributed by atoms with Crippen molar-refractivity contribution >= 4 is 5.91 Å². The molecule has 1 amide bonds. The third-order valence-electron chi connectivity index (χ3n) is 5.16. The predicted octanol–water partition coefficient (Wildman–Crippen LogP) is 2.68. The molecule has 26 heavy (non-hydrogen) atoms. The maximum Gasteiger partial charge on any atom is 0.291 e. The summed E-state index contributed by atoms with van der Waals surface area (Å²) in [5.74, 6) is 2.01. The number of hydrogen-bond acceptors (Lipinski definition) is 4. The molecule has 0 N–H and O–H groups in total. The number of carbonyl (C=O) groups is 1. The molecule has 1 fully saturated rings. The molecule has 1 aromatic carbocycles. The average molecular weight is 358 g/mol. The summed E-state index contributed by atoms with van der Waals surface area (Å²) in [5, 5.41) is 8.34. The van der Waals surface area contributed by atoms with Crippen molar-refractivity contribution in [2.45, 2.75) is 38.6 Å². The van der Waals surface area contributed by atoms with Gasteiger partial charge in [-0.05, 0) is 49.9 Å². The van der Waals surface area contributed by atoms with Gasteiger partial charge in [0.05, 0.1) is 6.61 Å². The van der Waals surface area contributed by atoms with E-state index >= 15 is 0 Å². The topological polar surface area (TPSA) is 60.2 Å². The number of amides is 1. The lowest BCUT2D eigenvalue weighted by Crippen LogP contribution is -2.42. The molecular formula is C19H23FN4O2. The van der Waals surface area contributed by atoms with Crippen LogP contribution in [0.25, 0.3) is 0 Å². The van der Waals surface area contributed by atoms with Crippen LogP contribution in [0.1, 0.15) is 42.1 Å². The van der Waals surface area contributed by atoms with Crippen molar-refractivity contribution in [2.75, 3.05) is 19.7 Å². The minimum atomic E-state index is -0.275. The van der Waals surface area contributed by atoms with Crippen LogP contribution < -0.4 is 4.74 Å². The van der Waals surface area contributed by atoms with Gasteiger partial charge >= 0.3 is 0 Å². The number of benzene rings is 1. The average Bonchev–Trinajstić information content (AvgIpc) is 3.11. The molecule has 0 saturated carbocycles. The summed E-state index contributed by atoms with van der Waals surface area (Å²) in [6.45, 7) is 2.75. The predicted molar refractivity (Wildman–Crippen MR) is 93.5 cm³/mol. The second kappa shape index (κ2) is 7.43. The molecule has 138 valence electrons. The van der Waals surface area contributed by atoms with Gasteiger partial charge in [0.2, 0.25) is 5.82 Å². The zero-order chi connectivity index (χ0) is 17.9. The number of likely N-dealkylation sites (tertiary alicyclic amines) is 1. The van der Waals surface area contributed by atoms with Gasteiger partial charge in [-0.15, -0.1) is 10.2 Å². The van der Waals surface area contributed by atoms with E-state index in [9.17, 15) is 9.18 Å². The van der Waals surface area contributed by atoms with Crippen LogP contribution in [0.15, 0.2) is 24.3 Å². The van der Waals surface area contributed by atoms with Crippen molar-refractivity contribution in [1.82, 2.24) is 19.7 Å². The molecule has 7 heteroatoms. The summed E-state index contributed by atoms with van der Waals surface area (Å²) in [6, 6.07) is 6.04. The molecule has 0 aliphatic carbocycles. The molecule has 0 radical (unpaired) electrons. The molecule has 2 aliphatic rings. The van der Waals surface area contributed by atoms with Crippen LogP contribution in [0.3, 0.4) is 0 Å². The molecular weight excluding hydrogens is 335 g/mol. The highest BCUT2D eigenvalue weighted by Gasteiger charge is 2.29. The molecule has 1 aromatic heterocycles. The minimum Gasteiger partial charge on any atom is -0.493 e. The minimum absolute atomic E-state index is 0.0304. The summed E-state index contributed by atoms with van der Waals surface area (Å²) in [7, 11) is 0. The lowest BCUT2D eigenvalue weighted by Gasteiger charge is -2.32. The Labute approximate surface area is 152 Å². The maximum absolute atomic E-state index is 13.0. The molecule has 2 aromatic rings. The zero-order valence-electron chi connectivity index (χ0n) is 14.7.